The molecule has 2 aromatic carbocycles. The Kier molecular flexibility index (Phi) is 7.25. The van der Waals surface area contributed by atoms with E-state index in [1.165, 1.54) is 18.3 Å². The normalized spacial score (nSPS) is 19.4. The van der Waals surface area contributed by atoms with Crippen LogP contribution in [0.2, 0.25) is 0 Å². The van der Waals surface area contributed by atoms with Crippen LogP contribution in [0.15, 0.2) is 54.7 Å². The van der Waals surface area contributed by atoms with Crippen molar-refractivity contribution in [2.24, 2.45) is 0 Å². The molecule has 0 amide bonds. The van der Waals surface area contributed by atoms with Gasteiger partial charge in [-0.05, 0) is 66.7 Å². The lowest BCUT2D eigenvalue weighted by Gasteiger charge is -2.33. The van der Waals surface area contributed by atoms with Crippen molar-refractivity contribution in [2.45, 2.75) is 51.0 Å². The predicted octanol–water partition coefficient (Wildman–Crippen LogP) is 5.11. The highest BCUT2D eigenvalue weighted by Gasteiger charge is 2.41. The van der Waals surface area contributed by atoms with Crippen LogP contribution in [0.5, 0.6) is 17.5 Å². The topological polar surface area (TPSA) is 101 Å². The first-order valence-electron chi connectivity index (χ1n) is 12.4. The quantitative estimate of drug-likeness (QED) is 0.269. The molecule has 3 aromatic rings. The summed E-state index contributed by atoms with van der Waals surface area (Å²) >= 11 is 0. The molecule has 39 heavy (non-hydrogen) atoms. The van der Waals surface area contributed by atoms with Gasteiger partial charge in [-0.15, -0.1) is 13.2 Å². The van der Waals surface area contributed by atoms with Gasteiger partial charge in [0.2, 0.25) is 0 Å². The minimum Gasteiger partial charge on any atom is -0.489 e. The number of hydrogen-bond acceptors (Lipinski definition) is 8. The van der Waals surface area contributed by atoms with Gasteiger partial charge >= 0.3 is 18.2 Å². The van der Waals surface area contributed by atoms with Crippen LogP contribution in [0.3, 0.4) is 0 Å². The third-order valence-corrected chi connectivity index (χ3v) is 6.59. The summed E-state index contributed by atoms with van der Waals surface area (Å²) in [6, 6.07) is 13.7. The van der Waals surface area contributed by atoms with E-state index in [-0.39, 0.29) is 30.3 Å². The molecule has 0 saturated carbocycles. The second kappa shape index (κ2) is 10.6. The average molecular weight is 549 g/mol. The fourth-order valence-electron chi connectivity index (χ4n) is 4.63. The number of aromatic nitrogens is 2. The second-order valence-electron chi connectivity index (χ2n) is 9.79. The molecule has 1 fully saturated rings. The van der Waals surface area contributed by atoms with Crippen LogP contribution in [0.4, 0.5) is 24.7 Å². The van der Waals surface area contributed by atoms with Crippen LogP contribution < -0.4 is 19.1 Å². The number of hydrogen-bond donors (Lipinski definition) is 0. The van der Waals surface area contributed by atoms with Gasteiger partial charge < -0.3 is 34.0 Å². The monoisotopic (exact) mass is 548 g/mol. The maximum absolute atomic E-state index is 12.3. The molecule has 0 bridgehead atoms. The van der Waals surface area contributed by atoms with Gasteiger partial charge in [0.05, 0.1) is 19.3 Å². The molecule has 208 valence electrons. The van der Waals surface area contributed by atoms with E-state index in [0.717, 1.165) is 37.2 Å². The Balaban J connectivity index is 1.04. The summed E-state index contributed by atoms with van der Waals surface area (Å²) in [5.74, 6) is 0.189. The van der Waals surface area contributed by atoms with Gasteiger partial charge in [-0.3, -0.25) is 4.57 Å². The zero-order valence-corrected chi connectivity index (χ0v) is 21.1. The Labute approximate surface area is 222 Å². The number of alkyl halides is 3. The summed E-state index contributed by atoms with van der Waals surface area (Å²) in [5, 5.41) is 10.9. The van der Waals surface area contributed by atoms with Gasteiger partial charge in [-0.2, -0.15) is 0 Å². The molecule has 0 aliphatic carbocycles. The highest BCUT2D eigenvalue weighted by atomic mass is 19.4. The van der Waals surface area contributed by atoms with E-state index in [4.69, 9.17) is 14.2 Å². The number of ether oxygens (including phenoxy) is 4. The minimum absolute atomic E-state index is 0.0678. The summed E-state index contributed by atoms with van der Waals surface area (Å²) in [6.07, 6.45) is -1.62. The number of anilines is 1. The second-order valence-corrected chi connectivity index (χ2v) is 9.79. The molecule has 1 atom stereocenters. The van der Waals surface area contributed by atoms with E-state index in [1.54, 1.807) is 16.7 Å². The van der Waals surface area contributed by atoms with Crippen molar-refractivity contribution in [1.29, 1.82) is 0 Å². The molecule has 0 N–H and O–H groups in total. The molecule has 0 radical (unpaired) electrons. The highest BCUT2D eigenvalue weighted by Crippen LogP contribution is 2.32. The molecule has 5 rings (SSSR count). The maximum atomic E-state index is 12.3. The molecule has 0 unspecified atom stereocenters. The van der Waals surface area contributed by atoms with Crippen LogP contribution in [0.25, 0.3) is 0 Å². The van der Waals surface area contributed by atoms with Gasteiger partial charge in [0.1, 0.15) is 24.3 Å². The van der Waals surface area contributed by atoms with Gasteiger partial charge in [-0.1, -0.05) is 12.1 Å². The summed E-state index contributed by atoms with van der Waals surface area (Å²) in [5.41, 5.74) is 1.17. The fourth-order valence-corrected chi connectivity index (χ4v) is 4.63. The molecule has 10 nitrogen and oxygen atoms in total. The van der Waals surface area contributed by atoms with Gasteiger partial charge in [0.15, 0.2) is 5.60 Å². The van der Waals surface area contributed by atoms with Crippen LogP contribution >= 0.6 is 0 Å². The van der Waals surface area contributed by atoms with Crippen molar-refractivity contribution in [1.82, 2.24) is 9.55 Å². The molecule has 3 heterocycles. The van der Waals surface area contributed by atoms with Crippen molar-refractivity contribution in [3.8, 4) is 17.5 Å². The van der Waals surface area contributed by atoms with Crippen LogP contribution in [0, 0.1) is 10.1 Å². The lowest BCUT2D eigenvalue weighted by atomic mass is 10.1. The van der Waals surface area contributed by atoms with Gasteiger partial charge in [0, 0.05) is 23.8 Å². The number of benzene rings is 2. The Morgan fingerprint density at radius 3 is 2.38 bits per heavy atom. The number of halogens is 3. The molecule has 1 saturated heterocycles. The van der Waals surface area contributed by atoms with Crippen molar-refractivity contribution in [2.75, 3.05) is 24.6 Å². The largest absolute Gasteiger partial charge is 0.573 e. The third-order valence-electron chi connectivity index (χ3n) is 6.59. The number of nitro groups is 1. The van der Waals surface area contributed by atoms with E-state index in [9.17, 15) is 23.3 Å². The first-order valence-corrected chi connectivity index (χ1v) is 12.4. The summed E-state index contributed by atoms with van der Waals surface area (Å²) < 4.78 is 60.1. The fraction of sp³-hybridized carbons (Fsp3) is 0.423. The third kappa shape index (κ3) is 6.72. The average Bonchev–Trinajstić information content (AvgIpc) is 3.43. The van der Waals surface area contributed by atoms with Crippen LogP contribution in [-0.2, 0) is 17.9 Å². The van der Waals surface area contributed by atoms with Crippen molar-refractivity contribution in [3.05, 3.63) is 70.4 Å². The van der Waals surface area contributed by atoms with E-state index in [2.05, 4.69) is 14.6 Å². The smallest absolute Gasteiger partial charge is 0.489 e. The maximum Gasteiger partial charge on any atom is 0.573 e. The molecular weight excluding hydrogens is 521 g/mol. The Morgan fingerprint density at radius 1 is 1.10 bits per heavy atom. The molecule has 2 aliphatic rings. The van der Waals surface area contributed by atoms with E-state index in [1.807, 2.05) is 31.2 Å². The van der Waals surface area contributed by atoms with Gasteiger partial charge in [0.25, 0.3) is 0 Å². The zero-order chi connectivity index (χ0) is 27.6. The predicted molar refractivity (Wildman–Crippen MR) is 133 cm³/mol. The summed E-state index contributed by atoms with van der Waals surface area (Å²) in [4.78, 5) is 16.5. The lowest BCUT2D eigenvalue weighted by molar-refractivity contribution is -0.389. The molecule has 13 heteroatoms. The van der Waals surface area contributed by atoms with E-state index in [0.29, 0.717) is 18.9 Å². The zero-order valence-electron chi connectivity index (χ0n) is 21.1. The molecular formula is C26H27F3N4O6. The van der Waals surface area contributed by atoms with E-state index >= 15 is 0 Å². The summed E-state index contributed by atoms with van der Waals surface area (Å²) in [7, 11) is 0. The molecule has 1 aromatic heterocycles. The molecule has 2 aliphatic heterocycles. The Bertz CT molecular complexity index is 1270. The lowest BCUT2D eigenvalue weighted by Crippen LogP contribution is -2.38. The SMILES string of the molecule is C[C@]1(COc2ccc(N3CCC(OCc4ccc(OC(F)(F)F)cc4)CC3)cc2)Cn2cc([N+](=O)[O-])nc2O1. The molecule has 0 spiro atoms. The number of rotatable bonds is 9. The van der Waals surface area contributed by atoms with Crippen molar-refractivity contribution < 1.29 is 37.0 Å². The first kappa shape index (κ1) is 26.6. The standard InChI is InChI=1S/C26H27F3N4O6/c1-25(16-32-14-23(33(34)35)30-24(32)39-25)17-37-20-8-4-19(5-9-20)31-12-10-21(11-13-31)36-15-18-2-6-22(7-3-18)38-26(27,28)29/h2-9,14,21H,10-13,15-17H2,1H3/t25-/m1/s1. The van der Waals surface area contributed by atoms with Crippen LogP contribution in [-0.4, -0.2) is 52.2 Å². The Hall–Kier alpha value is -4.00. The van der Waals surface area contributed by atoms with Gasteiger partial charge in [-0.25, -0.2) is 0 Å². The first-order chi connectivity index (χ1) is 18.6. The number of fused-ring (bicyclic) bond motifs is 1. The minimum atomic E-state index is -4.71. The van der Waals surface area contributed by atoms with Crippen molar-refractivity contribution in [3.63, 3.8) is 0 Å². The number of nitrogens with zero attached hydrogens (tertiary/aromatic N) is 4. The van der Waals surface area contributed by atoms with Crippen molar-refractivity contribution >= 4 is 11.5 Å². The highest BCUT2D eigenvalue weighted by molar-refractivity contribution is 5.49. The van der Waals surface area contributed by atoms with E-state index < -0.39 is 16.9 Å². The number of imidazole rings is 1. The Morgan fingerprint density at radius 2 is 1.77 bits per heavy atom. The summed E-state index contributed by atoms with van der Waals surface area (Å²) in [6.45, 7) is 4.47. The van der Waals surface area contributed by atoms with Crippen LogP contribution in [0.1, 0.15) is 25.3 Å². The number of piperidine rings is 1.